The van der Waals surface area contributed by atoms with Crippen LogP contribution in [0.2, 0.25) is 0 Å². The molecular weight excluding hydrogens is 286 g/mol. The average molecular weight is 303 g/mol. The molecule has 6 heteroatoms. The van der Waals surface area contributed by atoms with Crippen molar-refractivity contribution in [1.29, 1.82) is 0 Å². The molecule has 2 aliphatic rings. The normalized spacial score (nSPS) is 15.7. The van der Waals surface area contributed by atoms with Gasteiger partial charge in [0, 0.05) is 23.9 Å². The summed E-state index contributed by atoms with van der Waals surface area (Å²) >= 11 is 1.80. The molecule has 0 bridgehead atoms. The van der Waals surface area contributed by atoms with Gasteiger partial charge in [0.15, 0.2) is 11.5 Å². The number of nitrogens with one attached hydrogen (secondary N) is 1. The van der Waals surface area contributed by atoms with Crippen LogP contribution in [-0.2, 0) is 12.2 Å². The van der Waals surface area contributed by atoms with E-state index in [1.54, 1.807) is 11.8 Å². The standard InChI is InChI=1S/C15H17N3O2S/c1-21-9-12-11-4-5-16-15(11)18(17-12)10-2-3-13-14(8-10)20-7-6-19-13/h2-3,8,16H,4-7,9H2,1H3. The van der Waals surface area contributed by atoms with Crippen LogP contribution in [0.5, 0.6) is 11.5 Å². The van der Waals surface area contributed by atoms with Crippen molar-refractivity contribution in [2.45, 2.75) is 12.2 Å². The van der Waals surface area contributed by atoms with Crippen molar-refractivity contribution in [2.24, 2.45) is 0 Å². The third-order valence-electron chi connectivity index (χ3n) is 3.79. The zero-order chi connectivity index (χ0) is 14.2. The van der Waals surface area contributed by atoms with E-state index in [1.807, 2.05) is 22.9 Å². The minimum atomic E-state index is 0.601. The monoisotopic (exact) mass is 303 g/mol. The van der Waals surface area contributed by atoms with Crippen LogP contribution in [0.4, 0.5) is 5.82 Å². The highest BCUT2D eigenvalue weighted by Crippen LogP contribution is 2.35. The van der Waals surface area contributed by atoms with E-state index in [9.17, 15) is 0 Å². The number of nitrogens with zero attached hydrogens (tertiary/aromatic N) is 2. The van der Waals surface area contributed by atoms with Gasteiger partial charge in [-0.05, 0) is 24.8 Å². The van der Waals surface area contributed by atoms with Crippen molar-refractivity contribution in [3.8, 4) is 17.2 Å². The lowest BCUT2D eigenvalue weighted by molar-refractivity contribution is 0.171. The molecule has 0 unspecified atom stereocenters. The Morgan fingerprint density at radius 1 is 1.29 bits per heavy atom. The van der Waals surface area contributed by atoms with Crippen LogP contribution >= 0.6 is 11.8 Å². The molecule has 0 saturated carbocycles. The molecule has 0 fully saturated rings. The molecule has 0 amide bonds. The van der Waals surface area contributed by atoms with Crippen molar-refractivity contribution in [3.63, 3.8) is 0 Å². The smallest absolute Gasteiger partial charge is 0.163 e. The van der Waals surface area contributed by atoms with Gasteiger partial charge in [0.25, 0.3) is 0 Å². The molecule has 1 aromatic carbocycles. The minimum absolute atomic E-state index is 0.601. The lowest BCUT2D eigenvalue weighted by atomic mass is 10.2. The van der Waals surface area contributed by atoms with E-state index in [-0.39, 0.29) is 0 Å². The Bertz CT molecular complexity index is 684. The molecule has 5 nitrogen and oxygen atoms in total. The molecule has 1 N–H and O–H groups in total. The number of fused-ring (bicyclic) bond motifs is 2. The first-order valence-corrected chi connectivity index (χ1v) is 8.50. The van der Waals surface area contributed by atoms with E-state index in [1.165, 1.54) is 11.3 Å². The highest BCUT2D eigenvalue weighted by atomic mass is 32.2. The maximum Gasteiger partial charge on any atom is 0.163 e. The summed E-state index contributed by atoms with van der Waals surface area (Å²) < 4.78 is 13.2. The highest BCUT2D eigenvalue weighted by molar-refractivity contribution is 7.97. The minimum Gasteiger partial charge on any atom is -0.486 e. The Hall–Kier alpha value is -1.82. The summed E-state index contributed by atoms with van der Waals surface area (Å²) in [4.78, 5) is 0. The summed E-state index contributed by atoms with van der Waals surface area (Å²) in [5.41, 5.74) is 3.54. The molecule has 0 aliphatic carbocycles. The molecule has 0 radical (unpaired) electrons. The van der Waals surface area contributed by atoms with Gasteiger partial charge >= 0.3 is 0 Å². The van der Waals surface area contributed by atoms with Gasteiger partial charge in [-0.25, -0.2) is 4.68 Å². The summed E-state index contributed by atoms with van der Waals surface area (Å²) in [7, 11) is 0. The third kappa shape index (κ3) is 2.14. The Morgan fingerprint density at radius 2 is 2.14 bits per heavy atom. The number of aromatic nitrogens is 2. The first-order chi connectivity index (χ1) is 10.4. The fraction of sp³-hybridized carbons (Fsp3) is 0.400. The first-order valence-electron chi connectivity index (χ1n) is 7.10. The van der Waals surface area contributed by atoms with Crippen molar-refractivity contribution < 1.29 is 9.47 Å². The summed E-state index contributed by atoms with van der Waals surface area (Å²) in [6, 6.07) is 6.00. The number of hydrogen-bond donors (Lipinski definition) is 1. The van der Waals surface area contributed by atoms with Crippen molar-refractivity contribution >= 4 is 17.6 Å². The van der Waals surface area contributed by atoms with Gasteiger partial charge in [0.05, 0.1) is 11.4 Å². The summed E-state index contributed by atoms with van der Waals surface area (Å²) in [6.07, 6.45) is 3.16. The molecule has 1 aromatic heterocycles. The Morgan fingerprint density at radius 3 is 3.00 bits per heavy atom. The Kier molecular flexibility index (Phi) is 3.18. The van der Waals surface area contributed by atoms with Gasteiger partial charge in [0.2, 0.25) is 0 Å². The fourth-order valence-electron chi connectivity index (χ4n) is 2.85. The van der Waals surface area contributed by atoms with Crippen LogP contribution < -0.4 is 14.8 Å². The van der Waals surface area contributed by atoms with Crippen LogP contribution in [0.1, 0.15) is 11.3 Å². The van der Waals surface area contributed by atoms with E-state index in [0.29, 0.717) is 13.2 Å². The number of anilines is 1. The van der Waals surface area contributed by atoms with Crippen LogP contribution in [0.3, 0.4) is 0 Å². The molecule has 2 aliphatic heterocycles. The maximum atomic E-state index is 5.67. The number of ether oxygens (including phenoxy) is 2. The van der Waals surface area contributed by atoms with E-state index < -0.39 is 0 Å². The molecule has 0 atom stereocenters. The molecule has 2 aromatic rings. The lowest BCUT2D eigenvalue weighted by Gasteiger charge is -2.19. The topological polar surface area (TPSA) is 48.3 Å². The number of hydrogen-bond acceptors (Lipinski definition) is 5. The zero-order valence-electron chi connectivity index (χ0n) is 11.9. The predicted octanol–water partition coefficient (Wildman–Crippen LogP) is 2.47. The van der Waals surface area contributed by atoms with E-state index >= 15 is 0 Å². The molecule has 3 heterocycles. The first kappa shape index (κ1) is 12.9. The van der Waals surface area contributed by atoms with E-state index in [4.69, 9.17) is 14.6 Å². The second-order valence-corrected chi connectivity index (χ2v) is 5.99. The van der Waals surface area contributed by atoms with Crippen LogP contribution in [-0.4, -0.2) is 35.8 Å². The maximum absolute atomic E-state index is 5.67. The Labute approximate surface area is 127 Å². The molecule has 0 spiro atoms. The second kappa shape index (κ2) is 5.18. The molecule has 110 valence electrons. The van der Waals surface area contributed by atoms with Crippen LogP contribution in [0.15, 0.2) is 18.2 Å². The highest BCUT2D eigenvalue weighted by Gasteiger charge is 2.23. The second-order valence-electron chi connectivity index (χ2n) is 5.12. The molecular formula is C15H17N3O2S. The molecule has 4 rings (SSSR count). The van der Waals surface area contributed by atoms with Crippen molar-refractivity contribution in [3.05, 3.63) is 29.5 Å². The number of benzene rings is 1. The fourth-order valence-corrected chi connectivity index (χ4v) is 3.35. The van der Waals surface area contributed by atoms with Gasteiger partial charge in [-0.1, -0.05) is 0 Å². The summed E-state index contributed by atoms with van der Waals surface area (Å²) in [5, 5.41) is 8.22. The average Bonchev–Trinajstić information content (AvgIpc) is 3.11. The van der Waals surface area contributed by atoms with Gasteiger partial charge in [-0.2, -0.15) is 16.9 Å². The van der Waals surface area contributed by atoms with Crippen molar-refractivity contribution in [1.82, 2.24) is 9.78 Å². The molecule has 0 saturated heterocycles. The van der Waals surface area contributed by atoms with E-state index in [0.717, 1.165) is 41.7 Å². The Balaban J connectivity index is 1.78. The zero-order valence-corrected chi connectivity index (χ0v) is 12.7. The molecule has 21 heavy (non-hydrogen) atoms. The number of rotatable bonds is 3. The van der Waals surface area contributed by atoms with Gasteiger partial charge < -0.3 is 14.8 Å². The summed E-state index contributed by atoms with van der Waals surface area (Å²) in [5.74, 6) is 3.68. The number of thioether (sulfide) groups is 1. The quantitative estimate of drug-likeness (QED) is 0.944. The van der Waals surface area contributed by atoms with Gasteiger partial charge in [-0.3, -0.25) is 0 Å². The van der Waals surface area contributed by atoms with Crippen molar-refractivity contribution in [2.75, 3.05) is 31.3 Å². The van der Waals surface area contributed by atoms with Gasteiger partial charge in [0.1, 0.15) is 19.0 Å². The third-order valence-corrected chi connectivity index (χ3v) is 4.35. The lowest BCUT2D eigenvalue weighted by Crippen LogP contribution is -2.15. The van der Waals surface area contributed by atoms with Crippen LogP contribution in [0, 0.1) is 0 Å². The summed E-state index contributed by atoms with van der Waals surface area (Å²) in [6.45, 7) is 2.20. The van der Waals surface area contributed by atoms with Gasteiger partial charge in [-0.15, -0.1) is 0 Å². The largest absolute Gasteiger partial charge is 0.486 e. The van der Waals surface area contributed by atoms with Crippen LogP contribution in [0.25, 0.3) is 5.69 Å². The van der Waals surface area contributed by atoms with E-state index in [2.05, 4.69) is 11.6 Å². The SMILES string of the molecule is CSCc1nn(-c2ccc3c(c2)OCCO3)c2c1CCN2. The predicted molar refractivity (Wildman–Crippen MR) is 84.0 cm³/mol.